The molecule has 10 heavy (non-hydrogen) atoms. The Morgan fingerprint density at radius 1 is 1.50 bits per heavy atom. The van der Waals surface area contributed by atoms with Crippen molar-refractivity contribution < 1.29 is 14.6 Å². The van der Waals surface area contributed by atoms with Crippen molar-refractivity contribution in [3.8, 4) is 0 Å². The van der Waals surface area contributed by atoms with E-state index in [0.29, 0.717) is 13.0 Å². The Morgan fingerprint density at radius 2 is 2.30 bits per heavy atom. The van der Waals surface area contributed by atoms with Gasteiger partial charge in [-0.3, -0.25) is 0 Å². The van der Waals surface area contributed by atoms with Crippen molar-refractivity contribution >= 4 is 0 Å². The quantitative estimate of drug-likeness (QED) is 0.450. The zero-order valence-corrected chi connectivity index (χ0v) is 5.56. The zero-order valence-electron chi connectivity index (χ0n) is 5.56. The van der Waals surface area contributed by atoms with E-state index < -0.39 is 6.10 Å². The summed E-state index contributed by atoms with van der Waals surface area (Å²) in [5, 5.41) is 9.27. The molecule has 2 fully saturated rings. The van der Waals surface area contributed by atoms with Gasteiger partial charge < -0.3 is 20.3 Å². The van der Waals surface area contributed by atoms with E-state index in [2.05, 4.69) is 0 Å². The summed E-state index contributed by atoms with van der Waals surface area (Å²) in [6, 6.07) is -0.265. The van der Waals surface area contributed by atoms with Crippen molar-refractivity contribution in [3.05, 3.63) is 0 Å². The highest BCUT2D eigenvalue weighted by molar-refractivity contribution is 4.89. The lowest BCUT2D eigenvalue weighted by Crippen LogP contribution is -2.49. The molecule has 0 aromatic rings. The minimum atomic E-state index is -0.453. The number of rotatable bonds is 0. The molecule has 0 aromatic heterocycles. The van der Waals surface area contributed by atoms with Gasteiger partial charge in [0.2, 0.25) is 0 Å². The lowest BCUT2D eigenvalue weighted by molar-refractivity contribution is -0.124. The van der Waals surface area contributed by atoms with Crippen molar-refractivity contribution in [1.29, 1.82) is 0 Å². The maximum absolute atomic E-state index is 9.27. The lowest BCUT2D eigenvalue weighted by Gasteiger charge is -2.28. The van der Waals surface area contributed by atoms with Crippen LogP contribution in [0.5, 0.6) is 0 Å². The molecule has 4 nitrogen and oxygen atoms in total. The highest BCUT2D eigenvalue weighted by Crippen LogP contribution is 2.25. The predicted octanol–water partition coefficient (Wildman–Crippen LogP) is -1.18. The van der Waals surface area contributed by atoms with E-state index in [1.807, 2.05) is 0 Å². The molecule has 2 saturated heterocycles. The van der Waals surface area contributed by atoms with Gasteiger partial charge in [0.05, 0.1) is 18.8 Å². The third kappa shape index (κ3) is 0.845. The molecule has 2 bridgehead atoms. The van der Waals surface area contributed by atoms with Crippen LogP contribution < -0.4 is 5.73 Å². The van der Waals surface area contributed by atoms with Crippen molar-refractivity contribution in [2.45, 2.75) is 31.0 Å². The van der Waals surface area contributed by atoms with Gasteiger partial charge in [0.1, 0.15) is 6.10 Å². The van der Waals surface area contributed by atoms with Crippen LogP contribution >= 0.6 is 0 Å². The second kappa shape index (κ2) is 2.17. The van der Waals surface area contributed by atoms with Crippen molar-refractivity contribution in [3.63, 3.8) is 0 Å². The third-order valence-electron chi connectivity index (χ3n) is 2.08. The summed E-state index contributed by atoms with van der Waals surface area (Å²) in [6.07, 6.45) is -0.239. The van der Waals surface area contributed by atoms with Crippen LogP contribution in [0.25, 0.3) is 0 Å². The average Bonchev–Trinajstić information content (AvgIpc) is 2.29. The standard InChI is InChI=1S/C6H11NO3/c7-6-3(8)1-5-9-2-4(6)10-5/h3-6,8H,1-2,7H2/t3-,4-,5-,6+/m1/s1. The molecule has 2 aliphatic rings. The first-order valence-corrected chi connectivity index (χ1v) is 3.48. The van der Waals surface area contributed by atoms with Crippen molar-refractivity contribution in [1.82, 2.24) is 0 Å². The fraction of sp³-hybridized carbons (Fsp3) is 1.00. The zero-order chi connectivity index (χ0) is 7.14. The Morgan fingerprint density at radius 3 is 3.10 bits per heavy atom. The van der Waals surface area contributed by atoms with Gasteiger partial charge in [0.15, 0.2) is 6.29 Å². The lowest BCUT2D eigenvalue weighted by atomic mass is 10.0. The average molecular weight is 145 g/mol. The van der Waals surface area contributed by atoms with E-state index in [9.17, 15) is 5.11 Å². The largest absolute Gasteiger partial charge is 0.391 e. The minimum absolute atomic E-state index is 0.0891. The van der Waals surface area contributed by atoms with E-state index in [-0.39, 0.29) is 18.4 Å². The number of aliphatic hydroxyl groups excluding tert-OH is 1. The van der Waals surface area contributed by atoms with Crippen LogP contribution in [0.15, 0.2) is 0 Å². The summed E-state index contributed by atoms with van der Waals surface area (Å²) in [5.41, 5.74) is 5.60. The third-order valence-corrected chi connectivity index (χ3v) is 2.08. The molecule has 2 rings (SSSR count). The molecule has 0 amide bonds. The second-order valence-electron chi connectivity index (χ2n) is 2.82. The molecule has 0 unspecified atom stereocenters. The van der Waals surface area contributed by atoms with Crippen LogP contribution in [0.3, 0.4) is 0 Å². The Hall–Kier alpha value is -0.160. The van der Waals surface area contributed by atoms with E-state index >= 15 is 0 Å². The van der Waals surface area contributed by atoms with Gasteiger partial charge in [-0.1, -0.05) is 0 Å². The van der Waals surface area contributed by atoms with Crippen LogP contribution in [0, 0.1) is 0 Å². The highest BCUT2D eigenvalue weighted by Gasteiger charge is 2.41. The highest BCUT2D eigenvalue weighted by atomic mass is 16.7. The Kier molecular flexibility index (Phi) is 1.42. The van der Waals surface area contributed by atoms with Gasteiger partial charge in [0.25, 0.3) is 0 Å². The topological polar surface area (TPSA) is 64.7 Å². The number of aliphatic hydroxyl groups is 1. The molecule has 0 aromatic carbocycles. The van der Waals surface area contributed by atoms with Gasteiger partial charge in [-0.15, -0.1) is 0 Å². The predicted molar refractivity (Wildman–Crippen MR) is 33.2 cm³/mol. The normalized spacial score (nSPS) is 53.4. The van der Waals surface area contributed by atoms with Crippen LogP contribution in [0.2, 0.25) is 0 Å². The molecular weight excluding hydrogens is 134 g/mol. The summed E-state index contributed by atoms with van der Waals surface area (Å²) < 4.78 is 10.4. The van der Waals surface area contributed by atoms with Gasteiger partial charge in [-0.05, 0) is 0 Å². The van der Waals surface area contributed by atoms with Crippen LogP contribution in [-0.2, 0) is 9.47 Å². The Balaban J connectivity index is 2.09. The summed E-state index contributed by atoms with van der Waals surface area (Å²) in [7, 11) is 0. The van der Waals surface area contributed by atoms with Crippen LogP contribution in [-0.4, -0.2) is 36.3 Å². The number of nitrogens with two attached hydrogens (primary N) is 1. The maximum atomic E-state index is 9.27. The first-order valence-electron chi connectivity index (χ1n) is 3.48. The molecule has 0 radical (unpaired) electrons. The molecule has 0 aliphatic carbocycles. The number of hydrogen-bond donors (Lipinski definition) is 2. The molecule has 2 aliphatic heterocycles. The summed E-state index contributed by atoms with van der Waals surface area (Å²) in [4.78, 5) is 0. The van der Waals surface area contributed by atoms with E-state index in [4.69, 9.17) is 15.2 Å². The molecule has 58 valence electrons. The van der Waals surface area contributed by atoms with E-state index in [1.54, 1.807) is 0 Å². The summed E-state index contributed by atoms with van der Waals surface area (Å²) in [6.45, 7) is 0.531. The second-order valence-corrected chi connectivity index (χ2v) is 2.82. The summed E-state index contributed by atoms with van der Waals surface area (Å²) in [5.74, 6) is 0. The Bertz CT molecular complexity index is 141. The van der Waals surface area contributed by atoms with Gasteiger partial charge in [-0.2, -0.15) is 0 Å². The Labute approximate surface area is 58.9 Å². The number of hydrogen-bond acceptors (Lipinski definition) is 4. The maximum Gasteiger partial charge on any atom is 0.160 e. The van der Waals surface area contributed by atoms with Crippen LogP contribution in [0.1, 0.15) is 6.42 Å². The number of ether oxygens (including phenoxy) is 2. The molecule has 0 saturated carbocycles. The van der Waals surface area contributed by atoms with Crippen LogP contribution in [0.4, 0.5) is 0 Å². The molecule has 4 heteroatoms. The molecular formula is C6H11NO3. The SMILES string of the molecule is N[C@H]1[C@H](O)C[C@@H]2OC[C@H]1O2. The number of fused-ring (bicyclic) bond motifs is 2. The first kappa shape index (κ1) is 6.54. The fourth-order valence-electron chi connectivity index (χ4n) is 1.40. The minimum Gasteiger partial charge on any atom is -0.391 e. The summed E-state index contributed by atoms with van der Waals surface area (Å²) >= 11 is 0. The fourth-order valence-corrected chi connectivity index (χ4v) is 1.40. The van der Waals surface area contributed by atoms with E-state index in [1.165, 1.54) is 0 Å². The molecule has 0 spiro atoms. The van der Waals surface area contributed by atoms with Crippen molar-refractivity contribution in [2.75, 3.05) is 6.61 Å². The smallest absolute Gasteiger partial charge is 0.160 e. The van der Waals surface area contributed by atoms with Gasteiger partial charge in [0, 0.05) is 6.42 Å². The van der Waals surface area contributed by atoms with Gasteiger partial charge >= 0.3 is 0 Å². The molecule has 3 N–H and O–H groups in total. The van der Waals surface area contributed by atoms with E-state index in [0.717, 1.165) is 0 Å². The monoisotopic (exact) mass is 145 g/mol. The molecule has 4 atom stereocenters. The van der Waals surface area contributed by atoms with Crippen molar-refractivity contribution in [2.24, 2.45) is 5.73 Å². The first-order chi connectivity index (χ1) is 4.77. The molecule has 2 heterocycles. The van der Waals surface area contributed by atoms with Gasteiger partial charge in [-0.25, -0.2) is 0 Å².